The number of aromatic nitrogens is 1. The number of hydrogen-bond donors (Lipinski definition) is 1. The smallest absolute Gasteiger partial charge is 0.220 e. The second-order valence-electron chi connectivity index (χ2n) is 5.32. The molecule has 17 heavy (non-hydrogen) atoms. The molecule has 0 unspecified atom stereocenters. The van der Waals surface area contributed by atoms with Gasteiger partial charge in [-0.1, -0.05) is 19.9 Å². The summed E-state index contributed by atoms with van der Waals surface area (Å²) in [6.45, 7) is 8.19. The fourth-order valence-electron chi connectivity index (χ4n) is 1.63. The van der Waals surface area contributed by atoms with Crippen molar-refractivity contribution in [2.24, 2.45) is 5.92 Å². The number of nitrogens with zero attached hydrogens (tertiary/aromatic N) is 1. The summed E-state index contributed by atoms with van der Waals surface area (Å²) in [5.74, 6) is 0.646. The van der Waals surface area contributed by atoms with Crippen LogP contribution in [0.5, 0.6) is 0 Å². The molecule has 0 aliphatic heterocycles. The number of amides is 1. The normalized spacial score (nSPS) is 11.6. The largest absolute Gasteiger partial charge is 0.346 e. The Morgan fingerprint density at radius 2 is 2.12 bits per heavy atom. The Hall–Kier alpha value is -1.38. The van der Waals surface area contributed by atoms with Crippen LogP contribution in [0.1, 0.15) is 46.2 Å². The molecule has 3 heteroatoms. The summed E-state index contributed by atoms with van der Waals surface area (Å²) in [7, 11) is 0. The summed E-state index contributed by atoms with van der Waals surface area (Å²) < 4.78 is 0. The molecule has 0 saturated heterocycles. The lowest BCUT2D eigenvalue weighted by molar-refractivity contribution is -0.123. The van der Waals surface area contributed by atoms with Gasteiger partial charge in [-0.3, -0.25) is 9.78 Å². The van der Waals surface area contributed by atoms with E-state index in [9.17, 15) is 4.79 Å². The molecule has 0 aromatic carbocycles. The van der Waals surface area contributed by atoms with E-state index in [0.29, 0.717) is 12.3 Å². The zero-order valence-corrected chi connectivity index (χ0v) is 11.2. The van der Waals surface area contributed by atoms with Crippen LogP contribution in [0.4, 0.5) is 0 Å². The zero-order chi connectivity index (χ0) is 12.9. The van der Waals surface area contributed by atoms with Crippen LogP contribution in [0.15, 0.2) is 24.4 Å². The molecule has 1 aromatic heterocycles. The quantitative estimate of drug-likeness (QED) is 0.851. The molecule has 1 N–H and O–H groups in total. The second kappa shape index (κ2) is 5.80. The number of rotatable bonds is 5. The topological polar surface area (TPSA) is 42.0 Å². The maximum Gasteiger partial charge on any atom is 0.220 e. The number of carbonyl (C=O) groups excluding carboxylic acids is 1. The van der Waals surface area contributed by atoms with Crippen LogP contribution in [0.3, 0.4) is 0 Å². The molecule has 94 valence electrons. The summed E-state index contributed by atoms with van der Waals surface area (Å²) in [6.07, 6.45) is 3.25. The fraction of sp³-hybridized carbons (Fsp3) is 0.571. The number of hydrogen-bond acceptors (Lipinski definition) is 2. The Morgan fingerprint density at radius 1 is 1.41 bits per heavy atom. The molecular weight excluding hydrogens is 212 g/mol. The van der Waals surface area contributed by atoms with Crippen LogP contribution in [-0.4, -0.2) is 10.9 Å². The van der Waals surface area contributed by atoms with Crippen molar-refractivity contribution in [1.82, 2.24) is 10.3 Å². The van der Waals surface area contributed by atoms with Gasteiger partial charge in [0, 0.05) is 12.6 Å². The van der Waals surface area contributed by atoms with E-state index in [-0.39, 0.29) is 5.91 Å². The first kappa shape index (κ1) is 13.7. The summed E-state index contributed by atoms with van der Waals surface area (Å²) in [4.78, 5) is 16.1. The van der Waals surface area contributed by atoms with E-state index in [2.05, 4.69) is 24.1 Å². The minimum atomic E-state index is -0.407. The predicted molar refractivity (Wildman–Crippen MR) is 69.5 cm³/mol. The summed E-state index contributed by atoms with van der Waals surface area (Å²) in [5, 5.41) is 3.03. The van der Waals surface area contributed by atoms with E-state index in [1.54, 1.807) is 6.20 Å². The summed E-state index contributed by atoms with van der Waals surface area (Å²) in [5.41, 5.74) is 0.480. The van der Waals surface area contributed by atoms with Crippen LogP contribution >= 0.6 is 0 Å². The average molecular weight is 234 g/mol. The molecule has 1 heterocycles. The Labute approximate surface area is 104 Å². The molecule has 1 rings (SSSR count). The van der Waals surface area contributed by atoms with E-state index in [1.165, 1.54) is 0 Å². The first-order valence-corrected chi connectivity index (χ1v) is 6.14. The lowest BCUT2D eigenvalue weighted by Gasteiger charge is -2.25. The summed E-state index contributed by atoms with van der Waals surface area (Å²) >= 11 is 0. The van der Waals surface area contributed by atoms with E-state index in [0.717, 1.165) is 12.1 Å². The minimum Gasteiger partial charge on any atom is -0.346 e. The molecule has 0 saturated carbocycles. The van der Waals surface area contributed by atoms with Crippen molar-refractivity contribution < 1.29 is 4.79 Å². The van der Waals surface area contributed by atoms with Crippen LogP contribution in [0.2, 0.25) is 0 Å². The third-order valence-electron chi connectivity index (χ3n) is 2.71. The standard InChI is InChI=1S/C14H22N2O/c1-11(2)8-9-13(17)16-14(3,4)12-7-5-6-10-15-12/h5-7,10-11H,8-9H2,1-4H3,(H,16,17). The maximum absolute atomic E-state index is 11.8. The summed E-state index contributed by atoms with van der Waals surface area (Å²) in [6, 6.07) is 5.74. The highest BCUT2D eigenvalue weighted by Crippen LogP contribution is 2.17. The molecule has 1 aromatic rings. The predicted octanol–water partition coefficient (Wildman–Crippen LogP) is 2.87. The van der Waals surface area contributed by atoms with Crippen molar-refractivity contribution >= 4 is 5.91 Å². The van der Waals surface area contributed by atoms with Gasteiger partial charge in [-0.2, -0.15) is 0 Å². The van der Waals surface area contributed by atoms with Crippen molar-refractivity contribution in [3.05, 3.63) is 30.1 Å². The van der Waals surface area contributed by atoms with Crippen molar-refractivity contribution in [3.8, 4) is 0 Å². The highest BCUT2D eigenvalue weighted by Gasteiger charge is 2.23. The third kappa shape index (κ3) is 4.55. The molecule has 0 radical (unpaired) electrons. The van der Waals surface area contributed by atoms with Crippen molar-refractivity contribution in [3.63, 3.8) is 0 Å². The molecular formula is C14H22N2O. The van der Waals surface area contributed by atoms with E-state index < -0.39 is 5.54 Å². The first-order valence-electron chi connectivity index (χ1n) is 6.14. The lowest BCUT2D eigenvalue weighted by Crippen LogP contribution is -2.41. The Bertz CT molecular complexity index is 358. The molecule has 0 fully saturated rings. The van der Waals surface area contributed by atoms with Gasteiger partial charge >= 0.3 is 0 Å². The van der Waals surface area contributed by atoms with E-state index in [4.69, 9.17) is 0 Å². The second-order valence-corrected chi connectivity index (χ2v) is 5.32. The number of carbonyl (C=O) groups is 1. The molecule has 0 aliphatic rings. The molecule has 3 nitrogen and oxygen atoms in total. The van der Waals surface area contributed by atoms with Gasteiger partial charge in [0.25, 0.3) is 0 Å². The van der Waals surface area contributed by atoms with Gasteiger partial charge in [-0.05, 0) is 38.3 Å². The zero-order valence-electron chi connectivity index (χ0n) is 11.2. The SMILES string of the molecule is CC(C)CCC(=O)NC(C)(C)c1ccccn1. The highest BCUT2D eigenvalue weighted by molar-refractivity contribution is 5.76. The molecule has 1 amide bonds. The maximum atomic E-state index is 11.8. The first-order chi connectivity index (χ1) is 7.92. The van der Waals surface area contributed by atoms with Crippen LogP contribution in [0.25, 0.3) is 0 Å². The average Bonchev–Trinajstić information content (AvgIpc) is 2.27. The number of pyridine rings is 1. The van der Waals surface area contributed by atoms with Crippen molar-refractivity contribution in [1.29, 1.82) is 0 Å². The Balaban J connectivity index is 2.58. The van der Waals surface area contributed by atoms with Gasteiger partial charge in [-0.25, -0.2) is 0 Å². The highest BCUT2D eigenvalue weighted by atomic mass is 16.1. The molecule has 0 bridgehead atoms. The van der Waals surface area contributed by atoms with Crippen LogP contribution < -0.4 is 5.32 Å². The molecule has 0 aliphatic carbocycles. The van der Waals surface area contributed by atoms with Gasteiger partial charge in [-0.15, -0.1) is 0 Å². The minimum absolute atomic E-state index is 0.0920. The monoisotopic (exact) mass is 234 g/mol. The van der Waals surface area contributed by atoms with E-state index in [1.807, 2.05) is 32.0 Å². The number of nitrogens with one attached hydrogen (secondary N) is 1. The van der Waals surface area contributed by atoms with Crippen molar-refractivity contribution in [2.45, 2.75) is 46.1 Å². The van der Waals surface area contributed by atoms with Gasteiger partial charge in [0.15, 0.2) is 0 Å². The van der Waals surface area contributed by atoms with E-state index >= 15 is 0 Å². The van der Waals surface area contributed by atoms with Crippen LogP contribution in [0, 0.1) is 5.92 Å². The molecule has 0 atom stereocenters. The fourth-order valence-corrected chi connectivity index (χ4v) is 1.63. The molecule has 0 spiro atoms. The van der Waals surface area contributed by atoms with Gasteiger partial charge in [0.05, 0.1) is 11.2 Å². The Kier molecular flexibility index (Phi) is 4.67. The lowest BCUT2D eigenvalue weighted by atomic mass is 9.99. The Morgan fingerprint density at radius 3 is 2.65 bits per heavy atom. The van der Waals surface area contributed by atoms with Crippen LogP contribution in [-0.2, 0) is 10.3 Å². The van der Waals surface area contributed by atoms with Crippen molar-refractivity contribution in [2.75, 3.05) is 0 Å². The third-order valence-corrected chi connectivity index (χ3v) is 2.71. The van der Waals surface area contributed by atoms with Gasteiger partial charge < -0.3 is 5.32 Å². The van der Waals surface area contributed by atoms with Gasteiger partial charge in [0.2, 0.25) is 5.91 Å². The van der Waals surface area contributed by atoms with Gasteiger partial charge in [0.1, 0.15) is 0 Å².